The van der Waals surface area contributed by atoms with Crippen molar-refractivity contribution in [2.45, 2.75) is 19.3 Å². The van der Waals surface area contributed by atoms with Gasteiger partial charge in [-0.1, -0.05) is 29.8 Å². The molecule has 0 atom stereocenters. The summed E-state index contributed by atoms with van der Waals surface area (Å²) in [6.45, 7) is 0.652. The number of aromatic nitrogens is 2. The van der Waals surface area contributed by atoms with E-state index in [-0.39, 0.29) is 29.9 Å². The van der Waals surface area contributed by atoms with Gasteiger partial charge in [-0.25, -0.2) is 4.68 Å². The van der Waals surface area contributed by atoms with Crippen LogP contribution in [0.2, 0.25) is 5.02 Å². The summed E-state index contributed by atoms with van der Waals surface area (Å²) in [5.74, 6) is -1.00. The van der Waals surface area contributed by atoms with E-state index in [0.29, 0.717) is 53.5 Å². The number of nitrogens with two attached hydrogens (primary N) is 1. The molecule has 1 aromatic heterocycles. The summed E-state index contributed by atoms with van der Waals surface area (Å²) in [6.07, 6.45) is 1.69. The van der Waals surface area contributed by atoms with E-state index in [4.69, 9.17) is 17.3 Å². The Kier molecular flexibility index (Phi) is 9.12. The second-order valence-corrected chi connectivity index (χ2v) is 10.3. The van der Waals surface area contributed by atoms with Gasteiger partial charge in [0, 0.05) is 35.5 Å². The van der Waals surface area contributed by atoms with Crippen LogP contribution >= 0.6 is 24.0 Å². The van der Waals surface area contributed by atoms with Crippen LogP contribution in [0.25, 0.3) is 16.9 Å². The van der Waals surface area contributed by atoms with Gasteiger partial charge in [0.05, 0.1) is 22.0 Å². The number of primary amides is 1. The Labute approximate surface area is 249 Å². The summed E-state index contributed by atoms with van der Waals surface area (Å²) < 4.78 is 1.70. The number of carbonyl (C=O) groups is 3. The van der Waals surface area contributed by atoms with Gasteiger partial charge in [0.2, 0.25) is 5.91 Å². The molecule has 1 heterocycles. The lowest BCUT2D eigenvalue weighted by atomic mass is 9.88. The summed E-state index contributed by atoms with van der Waals surface area (Å²) in [5, 5.41) is 10.8. The van der Waals surface area contributed by atoms with E-state index < -0.39 is 5.91 Å². The second kappa shape index (κ2) is 12.6. The molecular weight excluding hydrogens is 563 g/mol. The lowest BCUT2D eigenvalue weighted by Crippen LogP contribution is -2.20. The highest BCUT2D eigenvalue weighted by molar-refractivity contribution is 6.34. The van der Waals surface area contributed by atoms with Gasteiger partial charge in [-0.05, 0) is 81.0 Å². The molecule has 0 radical (unpaired) electrons. The quantitative estimate of drug-likeness (QED) is 0.267. The summed E-state index contributed by atoms with van der Waals surface area (Å²) >= 11 is 6.21. The fraction of sp³-hybridized carbons (Fsp3) is 0.200. The number of anilines is 2. The van der Waals surface area contributed by atoms with E-state index in [9.17, 15) is 14.4 Å². The van der Waals surface area contributed by atoms with Crippen LogP contribution < -0.4 is 16.4 Å². The van der Waals surface area contributed by atoms with E-state index in [1.165, 1.54) is 0 Å². The van der Waals surface area contributed by atoms with Gasteiger partial charge >= 0.3 is 0 Å². The molecule has 0 fully saturated rings. The van der Waals surface area contributed by atoms with Gasteiger partial charge < -0.3 is 21.3 Å². The van der Waals surface area contributed by atoms with Crippen molar-refractivity contribution in [3.63, 3.8) is 0 Å². The van der Waals surface area contributed by atoms with Crippen molar-refractivity contribution in [2.75, 3.05) is 31.3 Å². The topological polar surface area (TPSA) is 122 Å². The predicted octanol–water partition coefficient (Wildman–Crippen LogP) is 4.95. The van der Waals surface area contributed by atoms with Crippen molar-refractivity contribution in [1.29, 1.82) is 0 Å². The molecule has 4 aromatic rings. The van der Waals surface area contributed by atoms with Gasteiger partial charge in [0.1, 0.15) is 0 Å². The first-order valence-corrected chi connectivity index (χ1v) is 13.2. The Balaban J connectivity index is 0.00000387. The third-order valence-electron chi connectivity index (χ3n) is 6.78. The van der Waals surface area contributed by atoms with Crippen molar-refractivity contribution >= 4 is 53.1 Å². The Hall–Kier alpha value is -4.18. The maximum atomic E-state index is 12.9. The molecule has 5 rings (SSSR count). The number of aryl methyl sites for hydroxylation is 1. The van der Waals surface area contributed by atoms with Crippen LogP contribution in [0.4, 0.5) is 11.4 Å². The van der Waals surface area contributed by atoms with E-state index >= 15 is 0 Å². The van der Waals surface area contributed by atoms with Gasteiger partial charge in [0.15, 0.2) is 5.69 Å². The van der Waals surface area contributed by atoms with Gasteiger partial charge in [-0.2, -0.15) is 5.10 Å². The minimum absolute atomic E-state index is 0. The molecule has 0 saturated heterocycles. The molecule has 212 valence electrons. The first-order valence-electron chi connectivity index (χ1n) is 12.9. The van der Waals surface area contributed by atoms with Crippen molar-refractivity contribution in [2.24, 2.45) is 5.73 Å². The number of nitrogens with one attached hydrogen (secondary N) is 2. The zero-order chi connectivity index (χ0) is 28.4. The molecule has 0 aliphatic heterocycles. The Morgan fingerprint density at radius 3 is 2.37 bits per heavy atom. The number of rotatable bonds is 8. The van der Waals surface area contributed by atoms with E-state index in [1.54, 1.807) is 41.1 Å². The summed E-state index contributed by atoms with van der Waals surface area (Å²) in [6, 6.07) is 19.8. The maximum Gasteiger partial charge on any atom is 0.269 e. The third kappa shape index (κ3) is 6.43. The van der Waals surface area contributed by atoms with Crippen LogP contribution in [-0.4, -0.2) is 53.0 Å². The van der Waals surface area contributed by atoms with Crippen molar-refractivity contribution in [1.82, 2.24) is 14.7 Å². The van der Waals surface area contributed by atoms with Crippen LogP contribution in [0.1, 0.15) is 38.4 Å². The smallest absolute Gasteiger partial charge is 0.269 e. The number of carbonyl (C=O) groups excluding carboxylic acids is 3. The van der Waals surface area contributed by atoms with Crippen LogP contribution in [0.3, 0.4) is 0 Å². The summed E-state index contributed by atoms with van der Waals surface area (Å²) in [5.41, 5.74) is 11.7. The largest absolute Gasteiger partial charge is 0.364 e. The zero-order valence-electron chi connectivity index (χ0n) is 22.6. The van der Waals surface area contributed by atoms with Crippen LogP contribution in [0.5, 0.6) is 0 Å². The molecule has 3 aromatic carbocycles. The zero-order valence-corrected chi connectivity index (χ0v) is 24.2. The standard InChI is InChI=1S/C30H29ClN6O3.ClH/c1-36(2)16-15-26(38)33-19-10-12-21(13-11-19)37-28-23(27(35-37)29(32)39)14-8-18-7-9-20(17-24(18)28)34-30(40)22-5-3-4-6-25(22)31;/h3-7,9-13,17H,8,14-16H2,1-2H3,(H2,32,39)(H,33,38)(H,34,40);1H. The summed E-state index contributed by atoms with van der Waals surface area (Å²) in [4.78, 5) is 39.5. The fourth-order valence-electron chi connectivity index (χ4n) is 4.78. The molecule has 41 heavy (non-hydrogen) atoms. The number of benzene rings is 3. The number of halogens is 2. The van der Waals surface area contributed by atoms with Crippen molar-refractivity contribution in [3.05, 3.63) is 94.1 Å². The fourth-order valence-corrected chi connectivity index (χ4v) is 5.00. The molecular formula is C30H30Cl2N6O3. The predicted molar refractivity (Wildman–Crippen MR) is 163 cm³/mol. The van der Waals surface area contributed by atoms with E-state index in [1.807, 2.05) is 49.3 Å². The average Bonchev–Trinajstić information content (AvgIpc) is 3.33. The molecule has 1 aliphatic rings. The number of hydrogen-bond acceptors (Lipinski definition) is 5. The highest BCUT2D eigenvalue weighted by Crippen LogP contribution is 2.38. The highest BCUT2D eigenvalue weighted by atomic mass is 35.5. The molecule has 0 spiro atoms. The lowest BCUT2D eigenvalue weighted by molar-refractivity contribution is -0.116. The lowest BCUT2D eigenvalue weighted by Gasteiger charge is -2.20. The normalized spacial score (nSPS) is 11.7. The minimum atomic E-state index is -0.605. The minimum Gasteiger partial charge on any atom is -0.364 e. The molecule has 3 amide bonds. The van der Waals surface area contributed by atoms with Gasteiger partial charge in [-0.3, -0.25) is 14.4 Å². The van der Waals surface area contributed by atoms with Crippen LogP contribution in [0, 0.1) is 0 Å². The Morgan fingerprint density at radius 2 is 1.68 bits per heavy atom. The summed E-state index contributed by atoms with van der Waals surface area (Å²) in [7, 11) is 3.84. The van der Waals surface area contributed by atoms with E-state index in [0.717, 1.165) is 22.4 Å². The average molecular weight is 594 g/mol. The monoisotopic (exact) mass is 592 g/mol. The van der Waals surface area contributed by atoms with Crippen LogP contribution in [0.15, 0.2) is 66.7 Å². The Morgan fingerprint density at radius 1 is 0.976 bits per heavy atom. The van der Waals surface area contributed by atoms with E-state index in [2.05, 4.69) is 15.7 Å². The SMILES string of the molecule is CN(C)CCC(=O)Nc1ccc(-n2nc(C(N)=O)c3c2-c2cc(NC(=O)c4ccccc4Cl)ccc2CC3)cc1.Cl. The molecule has 11 heteroatoms. The van der Waals surface area contributed by atoms with Crippen molar-refractivity contribution in [3.8, 4) is 16.9 Å². The third-order valence-corrected chi connectivity index (χ3v) is 7.11. The molecule has 0 unspecified atom stereocenters. The van der Waals surface area contributed by atoms with Gasteiger partial charge in [0.25, 0.3) is 11.8 Å². The number of hydrogen-bond donors (Lipinski definition) is 3. The number of fused-ring (bicyclic) bond motifs is 3. The van der Waals surface area contributed by atoms with Gasteiger partial charge in [-0.15, -0.1) is 12.4 Å². The number of amides is 3. The Bertz CT molecular complexity index is 1620. The molecule has 4 N–H and O–H groups in total. The highest BCUT2D eigenvalue weighted by Gasteiger charge is 2.28. The first-order chi connectivity index (χ1) is 19.2. The van der Waals surface area contributed by atoms with Crippen molar-refractivity contribution < 1.29 is 14.4 Å². The van der Waals surface area contributed by atoms with Crippen LogP contribution in [-0.2, 0) is 17.6 Å². The molecule has 9 nitrogen and oxygen atoms in total. The number of nitrogens with zero attached hydrogens (tertiary/aromatic N) is 3. The molecule has 1 aliphatic carbocycles. The molecule has 0 saturated carbocycles. The second-order valence-electron chi connectivity index (χ2n) is 9.91. The maximum absolute atomic E-state index is 12.9. The first kappa shape index (κ1) is 29.8. The molecule has 0 bridgehead atoms.